The second-order valence-electron chi connectivity index (χ2n) is 27.7. The summed E-state index contributed by atoms with van der Waals surface area (Å²) in [6.45, 7) is 23.2. The smallest absolute Gasteiger partial charge is 0.478 e. The SMILES string of the molecule is CNc1ccc2oc(C[C@@H]3OC4(CC[C@@H]3C)O[C@H](C(C)C(=O)c3ccc[nH]3)[C@H](C)C[C@H]4C)nc2c1C(=O)O.C[C@@H]1C[C@H]2CC[C@H](O2)[C@H](C)C(=O)O[C@@H](C)C[C@@H]2CC[C@@H](O2)[C@@H](C)C(=O)O[C@H](C)C[C@H]2CC[C@H](O2)[C@H](C)C(=O)O[C@@H](C)C[C@@H]2CC[C@@H](O2)[C@@H](C)C(=O)O1.N.[Ca+2]. The van der Waals surface area contributed by atoms with Gasteiger partial charge in [0.15, 0.2) is 23.0 Å². The summed E-state index contributed by atoms with van der Waals surface area (Å²) in [5.74, 6) is -4.04. The van der Waals surface area contributed by atoms with Crippen molar-refractivity contribution in [1.82, 2.24) is 16.1 Å². The number of H-pyrrole nitrogens is 1. The van der Waals surface area contributed by atoms with Crippen LogP contribution in [0.4, 0.5) is 5.69 Å². The van der Waals surface area contributed by atoms with Gasteiger partial charge in [-0.15, -0.1) is 0 Å². The van der Waals surface area contributed by atoms with Gasteiger partial charge < -0.3 is 73.3 Å². The van der Waals surface area contributed by atoms with Gasteiger partial charge in [-0.3, -0.25) is 24.0 Å². The maximum atomic E-state index is 13.1. The molecule has 7 aliphatic rings. The minimum Gasteiger partial charge on any atom is -0.478 e. The zero-order valence-corrected chi connectivity index (χ0v) is 58.9. The molecule has 508 valence electrons. The van der Waals surface area contributed by atoms with E-state index in [0.29, 0.717) is 60.5 Å². The van der Waals surface area contributed by atoms with E-state index < -0.39 is 35.4 Å². The first-order valence-electron chi connectivity index (χ1n) is 33.6. The molecular formula is C69H104CaN4O18+2. The number of rotatable bonds is 7. The predicted molar refractivity (Wildman–Crippen MR) is 342 cm³/mol. The van der Waals surface area contributed by atoms with Gasteiger partial charge in [0, 0.05) is 57.2 Å². The summed E-state index contributed by atoms with van der Waals surface area (Å²) in [6, 6.07) is 7.05. The molecule has 0 aliphatic carbocycles. The van der Waals surface area contributed by atoms with Gasteiger partial charge >= 0.3 is 67.6 Å². The second-order valence-corrected chi connectivity index (χ2v) is 27.7. The normalized spacial score (nSPS) is 38.1. The van der Waals surface area contributed by atoms with E-state index in [-0.39, 0.29) is 188 Å². The van der Waals surface area contributed by atoms with Gasteiger partial charge in [0.25, 0.3) is 0 Å². The van der Waals surface area contributed by atoms with Crippen molar-refractivity contribution in [3.8, 4) is 0 Å². The number of nitrogens with zero attached hydrogens (tertiary/aromatic N) is 1. The number of nitrogens with one attached hydrogen (secondary N) is 2. The standard InChI is InChI=1S/C40H64O12.C29H37N3O6.Ca.H3N/c1-21-17-29-9-13-34(49-29)26(6)38(42)46-23(3)19-31-11-15-36(51-31)28(8)40(44)48-24(4)20-32-12-16-35(52-32)27(7)39(43)47-22(2)18-30-10-14-33(50-30)25(5)37(41)45-21;1-15-10-11-29(17(3)13-16(2)27(38-29)18(4)26(33)20-7-6-12-31-20)37-22(15)14-23-32-25-21(36-23)9-8-19(30-5)24(25)28(34)35;;/h21-36H,9-20H2,1-8H3;6-9,12,15-18,22,27,30-31H,10-11,13-14H2,1-5H3,(H,34,35);;1H3/q;;+2;/t21-,22+,23+,24-,25-,26+,27+,28-,29-,30+,31+,32-,33-,34+,35+,36-;15-,16+,17+,18?,22-,27-,29?;;/m.0../s1. The number of carbonyl (C=O) groups excluding carboxylic acids is 5. The molecule has 0 saturated carbocycles. The second kappa shape index (κ2) is 33.1. The molecule has 6 N–H and O–H groups in total. The Morgan fingerprint density at radius 1 is 0.609 bits per heavy atom. The fourth-order valence-corrected chi connectivity index (χ4v) is 14.9. The van der Waals surface area contributed by atoms with Gasteiger partial charge in [0.2, 0.25) is 0 Å². The minimum atomic E-state index is -1.06. The largest absolute Gasteiger partial charge is 2.00 e. The number of hydrogen-bond acceptors (Lipinski definition) is 20. The van der Waals surface area contributed by atoms with E-state index in [4.69, 9.17) is 51.8 Å². The van der Waals surface area contributed by atoms with Crippen molar-refractivity contribution in [2.75, 3.05) is 12.4 Å². The molecule has 7 aliphatic heterocycles. The molecule has 2 aromatic heterocycles. The Balaban J connectivity index is 0.000000267. The van der Waals surface area contributed by atoms with E-state index in [2.05, 4.69) is 36.1 Å². The average Bonchev–Trinajstić information content (AvgIpc) is 1.57. The van der Waals surface area contributed by atoms with Crippen LogP contribution in [0.1, 0.15) is 206 Å². The summed E-state index contributed by atoms with van der Waals surface area (Å²) < 4.78 is 68.0. The van der Waals surface area contributed by atoms with Gasteiger partial charge in [-0.05, 0) is 156 Å². The number of aromatic amines is 1. The topological polar surface area (TPSA) is 304 Å². The molecule has 0 amide bonds. The first-order chi connectivity index (χ1) is 42.8. The van der Waals surface area contributed by atoms with Crippen molar-refractivity contribution in [2.45, 2.75) is 277 Å². The van der Waals surface area contributed by atoms with Crippen molar-refractivity contribution < 1.29 is 85.7 Å². The van der Waals surface area contributed by atoms with Crippen LogP contribution < -0.4 is 11.5 Å². The number of cyclic esters (lactones) is 4. The molecule has 8 bridgehead atoms. The molecule has 1 aromatic carbocycles. The summed E-state index contributed by atoms with van der Waals surface area (Å²) in [5, 5.41) is 12.7. The van der Waals surface area contributed by atoms with Crippen LogP contribution in [-0.4, -0.2) is 187 Å². The third kappa shape index (κ3) is 18.3. The van der Waals surface area contributed by atoms with Crippen molar-refractivity contribution >= 4 is 90.2 Å². The molecule has 1 spiro atoms. The monoisotopic (exact) mass is 1320 g/mol. The number of carboxylic acids is 1. The van der Waals surface area contributed by atoms with Crippen molar-refractivity contribution in [2.24, 2.45) is 47.3 Å². The van der Waals surface area contributed by atoms with Gasteiger partial charge in [-0.2, -0.15) is 0 Å². The summed E-state index contributed by atoms with van der Waals surface area (Å²) in [6.07, 6.45) is 9.44. The molecular weight excluding hydrogens is 1210 g/mol. The maximum Gasteiger partial charge on any atom is 2.00 e. The Bertz CT molecular complexity index is 2760. The molecule has 3 aromatic rings. The van der Waals surface area contributed by atoms with E-state index in [0.717, 1.165) is 70.6 Å². The average molecular weight is 1320 g/mol. The zero-order chi connectivity index (χ0) is 64.9. The van der Waals surface area contributed by atoms with Gasteiger partial charge in [-0.1, -0.05) is 27.7 Å². The number of benzene rings is 1. The third-order valence-corrected chi connectivity index (χ3v) is 20.5. The molecule has 23 atom stereocenters. The molecule has 2 unspecified atom stereocenters. The Morgan fingerprint density at radius 3 is 1.43 bits per heavy atom. The summed E-state index contributed by atoms with van der Waals surface area (Å²) in [7, 11) is 1.68. The summed E-state index contributed by atoms with van der Waals surface area (Å²) in [4.78, 5) is 85.1. The molecule has 0 radical (unpaired) electrons. The molecule has 92 heavy (non-hydrogen) atoms. The fraction of sp³-hybridized carbons (Fsp3) is 0.754. The summed E-state index contributed by atoms with van der Waals surface area (Å²) in [5.41, 5.74) is 1.93. The molecule has 7 fully saturated rings. The number of carbonyl (C=O) groups is 6. The maximum absolute atomic E-state index is 13.1. The number of aromatic carboxylic acids is 1. The minimum absolute atomic E-state index is 0. The van der Waals surface area contributed by atoms with Crippen LogP contribution in [0.2, 0.25) is 0 Å². The van der Waals surface area contributed by atoms with E-state index in [1.54, 1.807) is 31.4 Å². The predicted octanol–water partition coefficient (Wildman–Crippen LogP) is 11.3. The Labute approximate surface area is 572 Å². The van der Waals surface area contributed by atoms with Crippen LogP contribution in [0.5, 0.6) is 0 Å². The van der Waals surface area contributed by atoms with Crippen LogP contribution in [-0.2, 0) is 73.0 Å². The number of oxazole rings is 1. The van der Waals surface area contributed by atoms with Crippen LogP contribution in [0.15, 0.2) is 34.9 Å². The van der Waals surface area contributed by atoms with Crippen molar-refractivity contribution in [3.05, 3.63) is 47.6 Å². The van der Waals surface area contributed by atoms with Gasteiger partial charge in [0.05, 0.1) is 103 Å². The molecule has 22 nitrogen and oxygen atoms in total. The van der Waals surface area contributed by atoms with E-state index in [1.165, 1.54) is 0 Å². The van der Waals surface area contributed by atoms with E-state index in [9.17, 15) is 33.9 Å². The Hall–Kier alpha value is -4.23. The number of hydrogen-bond donors (Lipinski definition) is 4. The number of ether oxygens (including phenoxy) is 10. The van der Waals surface area contributed by atoms with E-state index in [1.807, 2.05) is 68.4 Å². The first-order valence-corrected chi connectivity index (χ1v) is 33.6. The van der Waals surface area contributed by atoms with Crippen molar-refractivity contribution in [3.63, 3.8) is 0 Å². The number of Topliss-reactive ketones (excluding diaryl/α,β-unsaturated/α-hetero) is 1. The van der Waals surface area contributed by atoms with Crippen LogP contribution in [0, 0.1) is 47.3 Å². The number of esters is 4. The number of aromatic nitrogens is 2. The summed E-state index contributed by atoms with van der Waals surface area (Å²) >= 11 is 0. The first kappa shape index (κ1) is 75.2. The fourth-order valence-electron chi connectivity index (χ4n) is 14.9. The molecule has 7 saturated heterocycles. The van der Waals surface area contributed by atoms with Crippen LogP contribution in [0.3, 0.4) is 0 Å². The van der Waals surface area contributed by atoms with E-state index >= 15 is 0 Å². The quantitative estimate of drug-likeness (QED) is 0.0739. The van der Waals surface area contributed by atoms with Gasteiger partial charge in [-0.25, -0.2) is 9.78 Å². The number of fused-ring (bicyclic) bond motifs is 9. The van der Waals surface area contributed by atoms with Crippen LogP contribution in [0.25, 0.3) is 11.1 Å². The third-order valence-electron chi connectivity index (χ3n) is 20.5. The Morgan fingerprint density at radius 2 is 1.04 bits per heavy atom. The number of anilines is 1. The Kier molecular flexibility index (Phi) is 27.1. The molecule has 10 rings (SSSR count). The van der Waals surface area contributed by atoms with Crippen LogP contribution >= 0.6 is 0 Å². The van der Waals surface area contributed by atoms with Gasteiger partial charge in [0.1, 0.15) is 35.5 Å². The van der Waals surface area contributed by atoms with Crippen molar-refractivity contribution in [1.29, 1.82) is 0 Å². The number of carboxylic acid groups (broad SMARTS) is 1. The molecule has 23 heteroatoms. The zero-order valence-electron chi connectivity index (χ0n) is 56.7. The number of ketones is 1. The molecule has 9 heterocycles.